The van der Waals surface area contributed by atoms with Gasteiger partial charge in [-0.15, -0.1) is 0 Å². The van der Waals surface area contributed by atoms with Crippen molar-refractivity contribution in [3.05, 3.63) is 76.3 Å². The number of nitriles is 1. The van der Waals surface area contributed by atoms with Crippen molar-refractivity contribution in [3.8, 4) is 17.2 Å². The van der Waals surface area contributed by atoms with Crippen LogP contribution in [0.3, 0.4) is 0 Å². The minimum Gasteiger partial charge on any atom is -0.366 e. The number of thiocarbonyl (C=S) groups is 1. The fraction of sp³-hybridized carbons (Fsp3) is 0.192. The molecule has 5 rings (SSSR count). The molecule has 36 heavy (non-hydrogen) atoms. The minimum atomic E-state index is -0.999. The van der Waals surface area contributed by atoms with Crippen LogP contribution in [-0.4, -0.2) is 27.4 Å². The quantitative estimate of drug-likeness (QED) is 0.493. The van der Waals surface area contributed by atoms with Crippen LogP contribution >= 0.6 is 23.8 Å². The first-order valence-electron chi connectivity index (χ1n) is 11.1. The van der Waals surface area contributed by atoms with Crippen LogP contribution in [0.2, 0.25) is 5.02 Å². The van der Waals surface area contributed by atoms with E-state index in [-0.39, 0.29) is 27.8 Å². The van der Waals surface area contributed by atoms with Gasteiger partial charge in [-0.25, -0.2) is 9.37 Å². The zero-order valence-corrected chi connectivity index (χ0v) is 20.7. The summed E-state index contributed by atoms with van der Waals surface area (Å²) in [6, 6.07) is 13.1. The first kappa shape index (κ1) is 23.9. The highest BCUT2D eigenvalue weighted by atomic mass is 35.5. The van der Waals surface area contributed by atoms with E-state index in [4.69, 9.17) is 29.6 Å². The van der Waals surface area contributed by atoms with Gasteiger partial charge in [0.1, 0.15) is 23.1 Å². The highest BCUT2D eigenvalue weighted by Gasteiger charge is 2.60. The Labute approximate surface area is 216 Å². The molecule has 0 atom stereocenters. The molecule has 2 N–H and O–H groups in total. The lowest BCUT2D eigenvalue weighted by molar-refractivity contribution is -0.123. The van der Waals surface area contributed by atoms with Crippen molar-refractivity contribution in [3.63, 3.8) is 0 Å². The summed E-state index contributed by atoms with van der Waals surface area (Å²) >= 11 is 11.9. The number of primary amides is 1. The van der Waals surface area contributed by atoms with Crippen LogP contribution in [-0.2, 0) is 4.79 Å². The SMILES string of the molecule is Cc1cc(N2C(=O)C3(CCC3)N(c3ccc(C(N)=O)c(F)c3-c3ccc(Cl)cc3)C2=S)cnc1C#N. The molecule has 0 unspecified atom stereocenters. The molecule has 0 bridgehead atoms. The summed E-state index contributed by atoms with van der Waals surface area (Å²) in [6.45, 7) is 1.73. The molecular weight excluding hydrogens is 501 g/mol. The number of rotatable bonds is 4. The molecule has 7 nitrogen and oxygen atoms in total. The lowest BCUT2D eigenvalue weighted by atomic mass is 9.75. The molecule has 10 heteroatoms. The fourth-order valence-corrected chi connectivity index (χ4v) is 5.40. The van der Waals surface area contributed by atoms with Gasteiger partial charge < -0.3 is 10.6 Å². The zero-order valence-electron chi connectivity index (χ0n) is 19.1. The van der Waals surface area contributed by atoms with E-state index in [1.54, 1.807) is 48.2 Å². The summed E-state index contributed by atoms with van der Waals surface area (Å²) in [7, 11) is 0. The van der Waals surface area contributed by atoms with Gasteiger partial charge in [-0.3, -0.25) is 14.5 Å². The van der Waals surface area contributed by atoms with Gasteiger partial charge in [0.15, 0.2) is 5.11 Å². The van der Waals surface area contributed by atoms with E-state index in [0.29, 0.717) is 40.4 Å². The minimum absolute atomic E-state index is 0.0976. The Bertz CT molecular complexity index is 1500. The first-order chi connectivity index (χ1) is 17.2. The van der Waals surface area contributed by atoms with Crippen LogP contribution in [0.25, 0.3) is 11.1 Å². The number of aromatic nitrogens is 1. The molecule has 0 radical (unpaired) electrons. The molecule has 2 aliphatic rings. The Morgan fingerprint density at radius 3 is 2.50 bits per heavy atom. The van der Waals surface area contributed by atoms with E-state index in [1.165, 1.54) is 17.2 Å². The van der Waals surface area contributed by atoms with Crippen LogP contribution < -0.4 is 15.5 Å². The number of hydrogen-bond donors (Lipinski definition) is 1. The molecule has 180 valence electrons. The summed E-state index contributed by atoms with van der Waals surface area (Å²) in [5, 5.41) is 9.86. The van der Waals surface area contributed by atoms with E-state index in [1.807, 2.05) is 6.07 Å². The van der Waals surface area contributed by atoms with Crippen molar-refractivity contribution in [2.45, 2.75) is 31.7 Å². The normalized spacial score (nSPS) is 16.3. The average Bonchev–Trinajstić information content (AvgIpc) is 3.06. The molecule has 1 aliphatic carbocycles. The predicted molar refractivity (Wildman–Crippen MR) is 138 cm³/mol. The number of aryl methyl sites for hydroxylation is 1. The Balaban J connectivity index is 1.71. The largest absolute Gasteiger partial charge is 0.366 e. The lowest BCUT2D eigenvalue weighted by Gasteiger charge is -2.43. The Morgan fingerprint density at radius 1 is 1.25 bits per heavy atom. The van der Waals surface area contributed by atoms with E-state index < -0.39 is 17.3 Å². The number of nitrogens with zero attached hydrogens (tertiary/aromatic N) is 4. The molecule has 1 saturated carbocycles. The number of halogens is 2. The molecule has 1 aliphatic heterocycles. The first-order valence-corrected chi connectivity index (χ1v) is 11.9. The summed E-state index contributed by atoms with van der Waals surface area (Å²) in [6.07, 6.45) is 3.26. The number of carbonyl (C=O) groups is 2. The number of benzene rings is 2. The van der Waals surface area contributed by atoms with Crippen molar-refractivity contribution in [1.29, 1.82) is 5.26 Å². The number of pyridine rings is 1. The van der Waals surface area contributed by atoms with E-state index in [0.717, 1.165) is 6.42 Å². The number of nitrogens with two attached hydrogens (primary N) is 1. The third-order valence-corrected chi connectivity index (χ3v) is 7.40. The zero-order chi connectivity index (χ0) is 25.8. The van der Waals surface area contributed by atoms with Crippen LogP contribution in [0, 0.1) is 24.1 Å². The highest BCUT2D eigenvalue weighted by Crippen LogP contribution is 2.50. The maximum atomic E-state index is 15.8. The Hall–Kier alpha value is -3.87. The molecule has 2 fully saturated rings. The summed E-state index contributed by atoms with van der Waals surface area (Å²) in [5.41, 5.74) is 6.34. The number of anilines is 2. The van der Waals surface area contributed by atoms with Crippen molar-refractivity contribution < 1.29 is 14.0 Å². The van der Waals surface area contributed by atoms with Crippen molar-refractivity contribution in [2.75, 3.05) is 9.80 Å². The highest BCUT2D eigenvalue weighted by molar-refractivity contribution is 7.81. The second-order valence-corrected chi connectivity index (χ2v) is 9.61. The van der Waals surface area contributed by atoms with Crippen molar-refractivity contribution in [1.82, 2.24) is 4.98 Å². The third kappa shape index (κ3) is 3.45. The van der Waals surface area contributed by atoms with E-state index in [9.17, 15) is 14.9 Å². The molecule has 1 saturated heterocycles. The number of carbonyl (C=O) groups excluding carboxylic acids is 2. The van der Waals surface area contributed by atoms with Gasteiger partial charge >= 0.3 is 0 Å². The monoisotopic (exact) mass is 519 g/mol. The predicted octanol–water partition coefficient (Wildman–Crippen LogP) is 4.88. The Morgan fingerprint density at radius 2 is 1.94 bits per heavy atom. The van der Waals surface area contributed by atoms with E-state index in [2.05, 4.69) is 4.98 Å². The van der Waals surface area contributed by atoms with Crippen molar-refractivity contribution in [2.24, 2.45) is 5.73 Å². The van der Waals surface area contributed by atoms with Crippen LogP contribution in [0.5, 0.6) is 0 Å². The second-order valence-electron chi connectivity index (χ2n) is 8.81. The van der Waals surface area contributed by atoms with Crippen LogP contribution in [0.1, 0.15) is 40.9 Å². The topological polar surface area (TPSA) is 103 Å². The second kappa shape index (κ2) is 8.66. The van der Waals surface area contributed by atoms with Crippen LogP contribution in [0.15, 0.2) is 48.7 Å². The molecular formula is C26H19ClFN5O2S. The molecule has 1 spiro atoms. The Kier molecular flexibility index (Phi) is 5.74. The molecule has 2 aromatic carbocycles. The average molecular weight is 520 g/mol. The fourth-order valence-electron chi connectivity index (χ4n) is 4.82. The molecule has 1 aromatic heterocycles. The van der Waals surface area contributed by atoms with Gasteiger partial charge in [-0.2, -0.15) is 5.26 Å². The smallest absolute Gasteiger partial charge is 0.259 e. The third-order valence-electron chi connectivity index (χ3n) is 6.78. The van der Waals surface area contributed by atoms with Gasteiger partial charge in [0.2, 0.25) is 0 Å². The van der Waals surface area contributed by atoms with Crippen molar-refractivity contribution >= 4 is 52.1 Å². The maximum Gasteiger partial charge on any atom is 0.259 e. The van der Waals surface area contributed by atoms with Gasteiger partial charge in [-0.05, 0) is 79.9 Å². The van der Waals surface area contributed by atoms with Gasteiger partial charge in [0, 0.05) is 10.6 Å². The van der Waals surface area contributed by atoms with E-state index >= 15 is 4.39 Å². The number of hydrogen-bond acceptors (Lipinski definition) is 5. The summed E-state index contributed by atoms with van der Waals surface area (Å²) in [5.74, 6) is -1.96. The van der Waals surface area contributed by atoms with Gasteiger partial charge in [-0.1, -0.05) is 23.7 Å². The summed E-state index contributed by atoms with van der Waals surface area (Å²) in [4.78, 5) is 33.0. The molecule has 2 amide bonds. The van der Waals surface area contributed by atoms with Gasteiger partial charge in [0.25, 0.3) is 11.8 Å². The van der Waals surface area contributed by atoms with Crippen LogP contribution in [0.4, 0.5) is 15.8 Å². The molecule has 3 aromatic rings. The lowest BCUT2D eigenvalue weighted by Crippen LogP contribution is -2.55. The molecule has 2 heterocycles. The summed E-state index contributed by atoms with van der Waals surface area (Å²) < 4.78 is 15.8. The standard InChI is InChI=1S/C26H19ClFN5O2S/c1-14-11-17(13-31-19(14)12-29)32-24(35)26(9-2-10-26)33(25(32)36)20-8-7-18(23(30)34)22(28)21(20)15-3-5-16(27)6-4-15/h3-8,11,13H,2,9-10H2,1H3,(H2,30,34). The van der Waals surface area contributed by atoms with Gasteiger partial charge in [0.05, 0.1) is 23.1 Å². The maximum absolute atomic E-state index is 15.8. The number of amides is 2.